The molecular formula is C11H16O3. The molecule has 1 rings (SSSR count). The van der Waals surface area contributed by atoms with Crippen LogP contribution >= 0.6 is 0 Å². The van der Waals surface area contributed by atoms with E-state index in [0.29, 0.717) is 25.6 Å². The molecule has 0 atom stereocenters. The van der Waals surface area contributed by atoms with E-state index in [0.717, 1.165) is 5.57 Å². The second-order valence-corrected chi connectivity index (χ2v) is 3.08. The summed E-state index contributed by atoms with van der Waals surface area (Å²) in [5.74, 6) is 0.691. The van der Waals surface area contributed by atoms with E-state index < -0.39 is 0 Å². The minimum Gasteiger partial charge on any atom is -0.488 e. The van der Waals surface area contributed by atoms with E-state index in [1.807, 2.05) is 13.0 Å². The third-order valence-electron chi connectivity index (χ3n) is 1.67. The van der Waals surface area contributed by atoms with E-state index in [4.69, 9.17) is 14.2 Å². The standard InChI is InChI=1S/C11H16O3/c1-4-10(7-9(2)3)14-8-11-12-5-6-13-11/h4,7,11H,1-2,5-6,8H2,3H3/b10-7+. The van der Waals surface area contributed by atoms with Gasteiger partial charge in [0.2, 0.25) is 0 Å². The average molecular weight is 196 g/mol. The first-order chi connectivity index (χ1) is 6.72. The van der Waals surface area contributed by atoms with Gasteiger partial charge in [-0.2, -0.15) is 0 Å². The van der Waals surface area contributed by atoms with Crippen molar-refractivity contribution in [1.82, 2.24) is 0 Å². The maximum Gasteiger partial charge on any atom is 0.191 e. The van der Waals surface area contributed by atoms with Crippen molar-refractivity contribution >= 4 is 0 Å². The first-order valence-corrected chi connectivity index (χ1v) is 4.58. The smallest absolute Gasteiger partial charge is 0.191 e. The molecule has 3 nitrogen and oxygen atoms in total. The molecule has 0 amide bonds. The molecular weight excluding hydrogens is 180 g/mol. The zero-order chi connectivity index (χ0) is 10.4. The molecule has 0 unspecified atom stereocenters. The highest BCUT2D eigenvalue weighted by molar-refractivity contribution is 5.21. The molecule has 78 valence electrons. The van der Waals surface area contributed by atoms with Gasteiger partial charge in [-0.15, -0.1) is 0 Å². The Morgan fingerprint density at radius 2 is 2.14 bits per heavy atom. The Kier molecular flexibility index (Phi) is 4.43. The van der Waals surface area contributed by atoms with Gasteiger partial charge in [-0.3, -0.25) is 0 Å². The van der Waals surface area contributed by atoms with Gasteiger partial charge in [-0.1, -0.05) is 18.7 Å². The summed E-state index contributed by atoms with van der Waals surface area (Å²) in [4.78, 5) is 0. The van der Waals surface area contributed by atoms with Gasteiger partial charge < -0.3 is 14.2 Å². The summed E-state index contributed by atoms with van der Waals surface area (Å²) < 4.78 is 15.9. The van der Waals surface area contributed by atoms with E-state index in [1.54, 1.807) is 6.08 Å². The van der Waals surface area contributed by atoms with Crippen LogP contribution in [0.4, 0.5) is 0 Å². The molecule has 1 fully saturated rings. The number of allylic oxidation sites excluding steroid dienone is 3. The summed E-state index contributed by atoms with van der Waals surface area (Å²) in [6.45, 7) is 11.0. The van der Waals surface area contributed by atoms with Gasteiger partial charge in [0.25, 0.3) is 0 Å². The summed E-state index contributed by atoms with van der Waals surface area (Å²) in [5, 5.41) is 0. The molecule has 0 saturated carbocycles. The monoisotopic (exact) mass is 196 g/mol. The van der Waals surface area contributed by atoms with Crippen molar-refractivity contribution in [2.45, 2.75) is 13.2 Å². The minimum atomic E-state index is -0.247. The maximum atomic E-state index is 5.42. The number of hydrogen-bond donors (Lipinski definition) is 0. The largest absolute Gasteiger partial charge is 0.488 e. The van der Waals surface area contributed by atoms with Gasteiger partial charge in [0.1, 0.15) is 12.4 Å². The molecule has 1 aliphatic rings. The highest BCUT2D eigenvalue weighted by Crippen LogP contribution is 2.08. The van der Waals surface area contributed by atoms with Crippen LogP contribution < -0.4 is 0 Å². The van der Waals surface area contributed by atoms with Crippen LogP contribution in [-0.2, 0) is 14.2 Å². The molecule has 14 heavy (non-hydrogen) atoms. The fraction of sp³-hybridized carbons (Fsp3) is 0.455. The van der Waals surface area contributed by atoms with Gasteiger partial charge in [-0.25, -0.2) is 0 Å². The molecule has 0 radical (unpaired) electrons. The predicted molar refractivity (Wildman–Crippen MR) is 54.7 cm³/mol. The Bertz CT molecular complexity index is 237. The van der Waals surface area contributed by atoms with Crippen LogP contribution in [0, 0.1) is 0 Å². The highest BCUT2D eigenvalue weighted by atomic mass is 16.7. The molecule has 0 aliphatic carbocycles. The SMILES string of the molecule is C=C/C(=C\C(=C)C)OCC1OCCO1. The van der Waals surface area contributed by atoms with E-state index in [9.17, 15) is 0 Å². The minimum absolute atomic E-state index is 0.247. The summed E-state index contributed by atoms with van der Waals surface area (Å²) in [6.07, 6.45) is 3.22. The van der Waals surface area contributed by atoms with E-state index in [1.165, 1.54) is 0 Å². The Labute approximate surface area is 84.7 Å². The normalized spacial score (nSPS) is 18.2. The zero-order valence-electron chi connectivity index (χ0n) is 8.49. The van der Waals surface area contributed by atoms with Crippen LogP contribution in [0.3, 0.4) is 0 Å². The van der Waals surface area contributed by atoms with Crippen LogP contribution in [0.25, 0.3) is 0 Å². The van der Waals surface area contributed by atoms with E-state index >= 15 is 0 Å². The second-order valence-electron chi connectivity index (χ2n) is 3.08. The highest BCUT2D eigenvalue weighted by Gasteiger charge is 2.16. The summed E-state index contributed by atoms with van der Waals surface area (Å²) in [6, 6.07) is 0. The van der Waals surface area contributed by atoms with Gasteiger partial charge in [-0.05, 0) is 19.1 Å². The van der Waals surface area contributed by atoms with Crippen LogP contribution in [-0.4, -0.2) is 26.1 Å². The number of ether oxygens (including phenoxy) is 3. The lowest BCUT2D eigenvalue weighted by atomic mass is 10.3. The Hall–Kier alpha value is -1.06. The molecule has 0 spiro atoms. The lowest BCUT2D eigenvalue weighted by molar-refractivity contribution is -0.0805. The van der Waals surface area contributed by atoms with E-state index in [2.05, 4.69) is 13.2 Å². The fourth-order valence-electron chi connectivity index (χ4n) is 1.07. The van der Waals surface area contributed by atoms with Crippen LogP contribution in [0.5, 0.6) is 0 Å². The molecule has 1 heterocycles. The quantitative estimate of drug-likeness (QED) is 0.497. The van der Waals surface area contributed by atoms with Crippen molar-refractivity contribution in [3.63, 3.8) is 0 Å². The van der Waals surface area contributed by atoms with Gasteiger partial charge in [0.05, 0.1) is 13.2 Å². The van der Waals surface area contributed by atoms with Crippen molar-refractivity contribution in [3.05, 3.63) is 36.6 Å². The lowest BCUT2D eigenvalue weighted by Crippen LogP contribution is -2.15. The lowest BCUT2D eigenvalue weighted by Gasteiger charge is -2.11. The van der Waals surface area contributed by atoms with Crippen molar-refractivity contribution in [2.24, 2.45) is 0 Å². The van der Waals surface area contributed by atoms with Gasteiger partial charge in [0, 0.05) is 0 Å². The molecule has 0 N–H and O–H groups in total. The molecule has 0 aromatic carbocycles. The number of rotatable bonds is 5. The summed E-state index contributed by atoms with van der Waals surface area (Å²) >= 11 is 0. The Balaban J connectivity index is 2.33. The van der Waals surface area contributed by atoms with Crippen molar-refractivity contribution in [2.75, 3.05) is 19.8 Å². The average Bonchev–Trinajstić information content (AvgIpc) is 2.64. The third kappa shape index (κ3) is 3.77. The van der Waals surface area contributed by atoms with Crippen molar-refractivity contribution in [1.29, 1.82) is 0 Å². The molecule has 0 aromatic heterocycles. The summed E-state index contributed by atoms with van der Waals surface area (Å²) in [7, 11) is 0. The van der Waals surface area contributed by atoms with Crippen LogP contribution in [0.2, 0.25) is 0 Å². The second kappa shape index (κ2) is 5.62. The topological polar surface area (TPSA) is 27.7 Å². The first kappa shape index (κ1) is 11.0. The first-order valence-electron chi connectivity index (χ1n) is 4.58. The fourth-order valence-corrected chi connectivity index (χ4v) is 1.07. The molecule has 0 aromatic rings. The summed E-state index contributed by atoms with van der Waals surface area (Å²) in [5.41, 5.74) is 0.924. The van der Waals surface area contributed by atoms with Gasteiger partial charge >= 0.3 is 0 Å². The zero-order valence-corrected chi connectivity index (χ0v) is 8.49. The molecule has 1 saturated heterocycles. The van der Waals surface area contributed by atoms with Crippen molar-refractivity contribution in [3.8, 4) is 0 Å². The van der Waals surface area contributed by atoms with Gasteiger partial charge in [0.15, 0.2) is 6.29 Å². The molecule has 1 aliphatic heterocycles. The molecule has 0 bridgehead atoms. The van der Waals surface area contributed by atoms with Crippen LogP contribution in [0.1, 0.15) is 6.92 Å². The van der Waals surface area contributed by atoms with Crippen molar-refractivity contribution < 1.29 is 14.2 Å². The Morgan fingerprint density at radius 1 is 1.50 bits per heavy atom. The maximum absolute atomic E-state index is 5.42. The third-order valence-corrected chi connectivity index (χ3v) is 1.67. The Morgan fingerprint density at radius 3 is 2.64 bits per heavy atom. The number of hydrogen-bond acceptors (Lipinski definition) is 3. The predicted octanol–water partition coefficient (Wildman–Crippen LogP) is 2.02. The van der Waals surface area contributed by atoms with Crippen LogP contribution in [0.15, 0.2) is 36.6 Å². The molecule has 3 heteroatoms. The van der Waals surface area contributed by atoms with E-state index in [-0.39, 0.29) is 6.29 Å².